The molecule has 0 aromatic heterocycles. The van der Waals surface area contributed by atoms with Crippen molar-refractivity contribution in [2.24, 2.45) is 5.92 Å². The highest BCUT2D eigenvalue weighted by Gasteiger charge is 2.31. The van der Waals surface area contributed by atoms with E-state index in [0.29, 0.717) is 5.92 Å². The van der Waals surface area contributed by atoms with Crippen LogP contribution in [0.25, 0.3) is 0 Å². The van der Waals surface area contributed by atoms with E-state index in [1.165, 1.54) is 5.56 Å². The minimum Gasteiger partial charge on any atom is -0.497 e. The van der Waals surface area contributed by atoms with E-state index in [9.17, 15) is 0 Å². The van der Waals surface area contributed by atoms with Crippen molar-refractivity contribution in [3.63, 3.8) is 0 Å². The molecule has 1 aromatic rings. The number of ether oxygens (including phenoxy) is 2. The molecule has 0 radical (unpaired) electrons. The van der Waals surface area contributed by atoms with Crippen molar-refractivity contribution in [2.75, 3.05) is 14.2 Å². The molecule has 0 saturated carbocycles. The second kappa shape index (κ2) is 3.93. The summed E-state index contributed by atoms with van der Waals surface area (Å²) in [7, 11) is 3.33. The van der Waals surface area contributed by atoms with E-state index < -0.39 is 0 Å². The van der Waals surface area contributed by atoms with Crippen molar-refractivity contribution in [1.29, 1.82) is 0 Å². The predicted molar refractivity (Wildman–Crippen MR) is 61.0 cm³/mol. The minimum atomic E-state index is 0.0563. The Kier molecular flexibility index (Phi) is 2.79. The topological polar surface area (TPSA) is 18.5 Å². The molecule has 82 valence electrons. The fraction of sp³-hybridized carbons (Fsp3) is 0.500. The van der Waals surface area contributed by atoms with E-state index in [0.717, 1.165) is 23.5 Å². The molecule has 0 fully saturated rings. The zero-order valence-electron chi connectivity index (χ0n) is 9.21. The van der Waals surface area contributed by atoms with Gasteiger partial charge in [0.15, 0.2) is 0 Å². The van der Waals surface area contributed by atoms with Gasteiger partial charge in [-0.05, 0) is 24.0 Å². The van der Waals surface area contributed by atoms with Crippen molar-refractivity contribution in [3.8, 4) is 11.5 Å². The number of methoxy groups -OCH3 is 2. The van der Waals surface area contributed by atoms with E-state index in [1.54, 1.807) is 14.2 Å². The average molecular weight is 227 g/mol. The van der Waals surface area contributed by atoms with Gasteiger partial charge < -0.3 is 9.47 Å². The van der Waals surface area contributed by atoms with E-state index >= 15 is 0 Å². The first-order valence-electron chi connectivity index (χ1n) is 5.06. The third kappa shape index (κ3) is 1.67. The Morgan fingerprint density at radius 3 is 2.60 bits per heavy atom. The van der Waals surface area contributed by atoms with Gasteiger partial charge in [-0.2, -0.15) is 0 Å². The summed E-state index contributed by atoms with van der Waals surface area (Å²) >= 11 is 6.35. The number of hydrogen-bond acceptors (Lipinski definition) is 2. The van der Waals surface area contributed by atoms with Gasteiger partial charge in [0, 0.05) is 11.6 Å². The second-order valence-electron chi connectivity index (χ2n) is 3.99. The molecule has 0 bridgehead atoms. The maximum atomic E-state index is 6.35. The Hall–Kier alpha value is -0.890. The summed E-state index contributed by atoms with van der Waals surface area (Å²) in [6, 6.07) is 3.95. The van der Waals surface area contributed by atoms with Crippen molar-refractivity contribution >= 4 is 11.6 Å². The minimum absolute atomic E-state index is 0.0563. The molecule has 2 nitrogen and oxygen atoms in total. The molecule has 0 aliphatic heterocycles. The van der Waals surface area contributed by atoms with Gasteiger partial charge in [-0.3, -0.25) is 0 Å². The Morgan fingerprint density at radius 1 is 1.27 bits per heavy atom. The van der Waals surface area contributed by atoms with Crippen LogP contribution in [0.1, 0.15) is 23.4 Å². The Bertz CT molecular complexity index is 376. The smallest absolute Gasteiger partial charge is 0.127 e. The molecule has 0 N–H and O–H groups in total. The third-order valence-corrected chi connectivity index (χ3v) is 3.62. The van der Waals surface area contributed by atoms with Crippen LogP contribution >= 0.6 is 11.6 Å². The molecule has 1 aromatic carbocycles. The van der Waals surface area contributed by atoms with Crippen LogP contribution in [0, 0.1) is 5.92 Å². The number of rotatable bonds is 2. The van der Waals surface area contributed by atoms with Crippen LogP contribution < -0.4 is 9.47 Å². The maximum absolute atomic E-state index is 6.35. The van der Waals surface area contributed by atoms with Gasteiger partial charge >= 0.3 is 0 Å². The predicted octanol–water partition coefficient (Wildman–Crippen LogP) is 3.18. The van der Waals surface area contributed by atoms with E-state index in [2.05, 4.69) is 13.0 Å². The maximum Gasteiger partial charge on any atom is 0.127 e. The molecular formula is C12H15ClO2. The quantitative estimate of drug-likeness (QED) is 0.722. The highest BCUT2D eigenvalue weighted by Crippen LogP contribution is 2.46. The zero-order chi connectivity index (χ0) is 11.0. The molecular weight excluding hydrogens is 212 g/mol. The van der Waals surface area contributed by atoms with Gasteiger partial charge in [0.05, 0.1) is 19.6 Å². The SMILES string of the molecule is COc1cc2c(c(OC)c1)C(Cl)C(C)C2. The normalized spacial score (nSPS) is 23.7. The first-order valence-corrected chi connectivity index (χ1v) is 5.50. The molecule has 0 saturated heterocycles. The lowest BCUT2D eigenvalue weighted by Crippen LogP contribution is -1.97. The Balaban J connectivity index is 2.53. The lowest BCUT2D eigenvalue weighted by molar-refractivity contribution is 0.390. The molecule has 2 atom stereocenters. The molecule has 3 heteroatoms. The van der Waals surface area contributed by atoms with Crippen LogP contribution in [0.4, 0.5) is 0 Å². The van der Waals surface area contributed by atoms with Crippen molar-refractivity contribution in [3.05, 3.63) is 23.3 Å². The third-order valence-electron chi connectivity index (χ3n) is 2.97. The molecule has 0 spiro atoms. The monoisotopic (exact) mass is 226 g/mol. The Morgan fingerprint density at radius 2 is 2.00 bits per heavy atom. The molecule has 0 heterocycles. The average Bonchev–Trinajstić information content (AvgIpc) is 2.53. The van der Waals surface area contributed by atoms with Crippen LogP contribution in [0.15, 0.2) is 12.1 Å². The van der Waals surface area contributed by atoms with Crippen LogP contribution in [0.2, 0.25) is 0 Å². The van der Waals surface area contributed by atoms with Crippen LogP contribution in [-0.4, -0.2) is 14.2 Å². The number of alkyl halides is 1. The van der Waals surface area contributed by atoms with Crippen LogP contribution in [-0.2, 0) is 6.42 Å². The first kappa shape index (κ1) is 10.6. The molecule has 2 unspecified atom stereocenters. The lowest BCUT2D eigenvalue weighted by Gasteiger charge is -2.12. The lowest BCUT2D eigenvalue weighted by atomic mass is 10.1. The van der Waals surface area contributed by atoms with Gasteiger partial charge in [0.1, 0.15) is 11.5 Å². The van der Waals surface area contributed by atoms with Gasteiger partial charge in [0.25, 0.3) is 0 Å². The summed E-state index contributed by atoms with van der Waals surface area (Å²) in [6.45, 7) is 2.16. The molecule has 15 heavy (non-hydrogen) atoms. The zero-order valence-corrected chi connectivity index (χ0v) is 9.97. The van der Waals surface area contributed by atoms with Crippen molar-refractivity contribution in [1.82, 2.24) is 0 Å². The van der Waals surface area contributed by atoms with Gasteiger partial charge in [-0.15, -0.1) is 11.6 Å². The van der Waals surface area contributed by atoms with Crippen LogP contribution in [0.5, 0.6) is 11.5 Å². The molecule has 2 rings (SSSR count). The first-order chi connectivity index (χ1) is 7.17. The fourth-order valence-corrected chi connectivity index (χ4v) is 2.50. The molecule has 1 aliphatic carbocycles. The second-order valence-corrected chi connectivity index (χ2v) is 4.46. The van der Waals surface area contributed by atoms with Gasteiger partial charge in [-0.1, -0.05) is 6.92 Å². The highest BCUT2D eigenvalue weighted by atomic mass is 35.5. The Labute approximate surface area is 95.1 Å². The van der Waals surface area contributed by atoms with Gasteiger partial charge in [-0.25, -0.2) is 0 Å². The summed E-state index contributed by atoms with van der Waals surface area (Å²) < 4.78 is 10.6. The summed E-state index contributed by atoms with van der Waals surface area (Å²) in [4.78, 5) is 0. The number of hydrogen-bond donors (Lipinski definition) is 0. The van der Waals surface area contributed by atoms with Crippen molar-refractivity contribution < 1.29 is 9.47 Å². The highest BCUT2D eigenvalue weighted by molar-refractivity contribution is 6.21. The standard InChI is InChI=1S/C12H15ClO2/c1-7-4-8-5-9(14-2)6-10(15-3)11(8)12(7)13/h5-7,12H,4H2,1-3H3. The summed E-state index contributed by atoms with van der Waals surface area (Å²) in [5.74, 6) is 2.14. The largest absolute Gasteiger partial charge is 0.497 e. The number of fused-ring (bicyclic) bond motifs is 1. The van der Waals surface area contributed by atoms with E-state index in [-0.39, 0.29) is 5.38 Å². The van der Waals surface area contributed by atoms with E-state index in [4.69, 9.17) is 21.1 Å². The summed E-state index contributed by atoms with van der Waals surface area (Å²) in [6.07, 6.45) is 0.997. The van der Waals surface area contributed by atoms with Crippen molar-refractivity contribution in [2.45, 2.75) is 18.7 Å². The fourth-order valence-electron chi connectivity index (χ4n) is 2.16. The summed E-state index contributed by atoms with van der Waals surface area (Å²) in [5.41, 5.74) is 2.38. The number of halogens is 1. The molecule has 1 aliphatic rings. The van der Waals surface area contributed by atoms with Gasteiger partial charge in [0.2, 0.25) is 0 Å². The summed E-state index contributed by atoms with van der Waals surface area (Å²) in [5, 5.41) is 0.0563. The van der Waals surface area contributed by atoms with Crippen LogP contribution in [0.3, 0.4) is 0 Å². The van der Waals surface area contributed by atoms with E-state index in [1.807, 2.05) is 6.07 Å². The number of benzene rings is 1. The molecule has 0 amide bonds.